The highest BCUT2D eigenvalue weighted by molar-refractivity contribution is 5.85. The number of benzene rings is 1. The first kappa shape index (κ1) is 12.7. The van der Waals surface area contributed by atoms with Crippen LogP contribution in [0.3, 0.4) is 0 Å². The number of aromatic amines is 1. The number of hydrogen-bond donors (Lipinski definition) is 3. The predicted octanol–water partition coefficient (Wildman–Crippen LogP) is 2.87. The van der Waals surface area contributed by atoms with Gasteiger partial charge in [-0.05, 0) is 56.8 Å². The molecule has 102 valence electrons. The fourth-order valence-electron chi connectivity index (χ4n) is 3.37. The summed E-state index contributed by atoms with van der Waals surface area (Å²) in [6, 6.07) is 8.62. The topological polar surface area (TPSA) is 53.8 Å². The van der Waals surface area contributed by atoms with Crippen LogP contribution in [0.15, 0.2) is 24.3 Å². The monoisotopic (exact) mass is 257 g/mol. The van der Waals surface area contributed by atoms with Gasteiger partial charge in [0, 0.05) is 22.6 Å². The minimum absolute atomic E-state index is 0.152. The smallest absolute Gasteiger partial charge is 0.0459 e. The second kappa shape index (κ2) is 5.35. The van der Waals surface area contributed by atoms with Crippen molar-refractivity contribution < 1.29 is 0 Å². The van der Waals surface area contributed by atoms with Crippen molar-refractivity contribution in [2.24, 2.45) is 11.7 Å². The fourth-order valence-corrected chi connectivity index (χ4v) is 3.37. The van der Waals surface area contributed by atoms with Crippen LogP contribution in [0.2, 0.25) is 0 Å². The van der Waals surface area contributed by atoms with Crippen molar-refractivity contribution in [3.63, 3.8) is 0 Å². The van der Waals surface area contributed by atoms with Crippen LogP contribution in [-0.2, 0) is 0 Å². The Hall–Kier alpha value is -1.32. The number of rotatable bonds is 3. The van der Waals surface area contributed by atoms with Crippen LogP contribution in [-0.4, -0.2) is 18.1 Å². The highest BCUT2D eigenvalue weighted by atomic mass is 14.9. The Morgan fingerprint density at radius 2 is 2.00 bits per heavy atom. The van der Waals surface area contributed by atoms with E-state index in [9.17, 15) is 0 Å². The standard InChI is InChI=1S/C16H23N3/c1-11-16(13-4-2-3-5-15(13)19-11)14(17)10-12-6-8-18-9-7-12/h2-5,12,14,18-19H,6-10,17H2,1H3. The lowest BCUT2D eigenvalue weighted by molar-refractivity contribution is 0.333. The van der Waals surface area contributed by atoms with Gasteiger partial charge in [-0.2, -0.15) is 0 Å². The Bertz CT molecular complexity index is 552. The Balaban J connectivity index is 1.84. The van der Waals surface area contributed by atoms with Crippen LogP contribution in [0, 0.1) is 12.8 Å². The molecular formula is C16H23N3. The third kappa shape index (κ3) is 2.53. The Morgan fingerprint density at radius 3 is 2.79 bits per heavy atom. The van der Waals surface area contributed by atoms with Crippen molar-refractivity contribution in [1.29, 1.82) is 0 Å². The summed E-state index contributed by atoms with van der Waals surface area (Å²) in [5.41, 5.74) is 10.2. The maximum atomic E-state index is 6.50. The average Bonchev–Trinajstić information content (AvgIpc) is 2.75. The van der Waals surface area contributed by atoms with E-state index < -0.39 is 0 Å². The summed E-state index contributed by atoms with van der Waals surface area (Å²) in [5, 5.41) is 4.71. The molecular weight excluding hydrogens is 234 g/mol. The van der Waals surface area contributed by atoms with Crippen LogP contribution >= 0.6 is 0 Å². The molecule has 1 atom stereocenters. The van der Waals surface area contributed by atoms with Crippen LogP contribution in [0.25, 0.3) is 10.9 Å². The quantitative estimate of drug-likeness (QED) is 0.792. The van der Waals surface area contributed by atoms with Crippen molar-refractivity contribution in [3.05, 3.63) is 35.5 Å². The fraction of sp³-hybridized carbons (Fsp3) is 0.500. The molecule has 1 unspecified atom stereocenters. The van der Waals surface area contributed by atoms with E-state index >= 15 is 0 Å². The molecule has 0 saturated carbocycles. The first-order valence-electron chi connectivity index (χ1n) is 7.29. The zero-order valence-electron chi connectivity index (χ0n) is 11.6. The molecule has 3 nitrogen and oxygen atoms in total. The van der Waals surface area contributed by atoms with Crippen molar-refractivity contribution in [2.45, 2.75) is 32.2 Å². The second-order valence-corrected chi connectivity index (χ2v) is 5.74. The number of nitrogens with one attached hydrogen (secondary N) is 2. The Labute approximate surface area is 114 Å². The molecule has 1 aliphatic heterocycles. The van der Waals surface area contributed by atoms with Gasteiger partial charge >= 0.3 is 0 Å². The first-order chi connectivity index (χ1) is 9.25. The lowest BCUT2D eigenvalue weighted by Crippen LogP contribution is -2.29. The molecule has 1 aromatic heterocycles. The van der Waals surface area contributed by atoms with Crippen LogP contribution in [0.5, 0.6) is 0 Å². The van der Waals surface area contributed by atoms with Gasteiger partial charge in [0.25, 0.3) is 0 Å². The normalized spacial score (nSPS) is 18.8. The van der Waals surface area contributed by atoms with E-state index in [0.717, 1.165) is 25.4 Å². The van der Waals surface area contributed by atoms with E-state index in [0.29, 0.717) is 0 Å². The molecule has 0 amide bonds. The van der Waals surface area contributed by atoms with Gasteiger partial charge in [-0.1, -0.05) is 18.2 Å². The summed E-state index contributed by atoms with van der Waals surface area (Å²) in [4.78, 5) is 3.45. The number of H-pyrrole nitrogens is 1. The van der Waals surface area contributed by atoms with E-state index in [1.165, 1.54) is 35.0 Å². The molecule has 3 heteroatoms. The highest BCUT2D eigenvalue weighted by Crippen LogP contribution is 2.31. The zero-order valence-corrected chi connectivity index (χ0v) is 11.6. The Kier molecular flexibility index (Phi) is 3.58. The first-order valence-corrected chi connectivity index (χ1v) is 7.29. The number of hydrogen-bond acceptors (Lipinski definition) is 2. The van der Waals surface area contributed by atoms with Gasteiger partial charge in [-0.3, -0.25) is 0 Å². The van der Waals surface area contributed by atoms with E-state index in [-0.39, 0.29) is 6.04 Å². The summed E-state index contributed by atoms with van der Waals surface area (Å²) in [5.74, 6) is 0.768. The van der Waals surface area contributed by atoms with Gasteiger partial charge in [0.15, 0.2) is 0 Å². The van der Waals surface area contributed by atoms with Gasteiger partial charge in [0.05, 0.1) is 0 Å². The SMILES string of the molecule is Cc1[nH]c2ccccc2c1C(N)CC1CCNCC1. The molecule has 1 fully saturated rings. The zero-order chi connectivity index (χ0) is 13.2. The van der Waals surface area contributed by atoms with Crippen molar-refractivity contribution in [1.82, 2.24) is 10.3 Å². The average molecular weight is 257 g/mol. The number of aryl methyl sites for hydroxylation is 1. The number of fused-ring (bicyclic) bond motifs is 1. The van der Waals surface area contributed by atoms with Crippen LogP contribution in [0.1, 0.15) is 36.6 Å². The largest absolute Gasteiger partial charge is 0.358 e. The summed E-state index contributed by atoms with van der Waals surface area (Å²) in [6.45, 7) is 4.42. The van der Waals surface area contributed by atoms with Crippen LogP contribution < -0.4 is 11.1 Å². The third-order valence-corrected chi connectivity index (χ3v) is 4.36. The second-order valence-electron chi connectivity index (χ2n) is 5.74. The van der Waals surface area contributed by atoms with Crippen LogP contribution in [0.4, 0.5) is 0 Å². The number of para-hydroxylation sites is 1. The van der Waals surface area contributed by atoms with Gasteiger partial charge in [-0.25, -0.2) is 0 Å². The molecule has 4 N–H and O–H groups in total. The molecule has 2 aromatic rings. The minimum atomic E-state index is 0.152. The molecule has 2 heterocycles. The Morgan fingerprint density at radius 1 is 1.26 bits per heavy atom. The van der Waals surface area contributed by atoms with E-state index in [1.807, 2.05) is 0 Å². The highest BCUT2D eigenvalue weighted by Gasteiger charge is 2.21. The van der Waals surface area contributed by atoms with Crippen molar-refractivity contribution in [3.8, 4) is 0 Å². The number of nitrogens with two attached hydrogens (primary N) is 1. The lowest BCUT2D eigenvalue weighted by Gasteiger charge is -2.25. The van der Waals surface area contributed by atoms with Crippen molar-refractivity contribution >= 4 is 10.9 Å². The molecule has 0 aliphatic carbocycles. The van der Waals surface area contributed by atoms with Gasteiger partial charge in [-0.15, -0.1) is 0 Å². The molecule has 1 saturated heterocycles. The molecule has 0 bridgehead atoms. The molecule has 0 spiro atoms. The van der Waals surface area contributed by atoms with Gasteiger partial charge < -0.3 is 16.0 Å². The maximum Gasteiger partial charge on any atom is 0.0459 e. The number of piperidine rings is 1. The van der Waals surface area contributed by atoms with Gasteiger partial charge in [0.2, 0.25) is 0 Å². The predicted molar refractivity (Wildman–Crippen MR) is 80.2 cm³/mol. The summed E-state index contributed by atoms with van der Waals surface area (Å²) in [7, 11) is 0. The summed E-state index contributed by atoms with van der Waals surface area (Å²) >= 11 is 0. The minimum Gasteiger partial charge on any atom is -0.358 e. The summed E-state index contributed by atoms with van der Waals surface area (Å²) < 4.78 is 0. The van der Waals surface area contributed by atoms with Gasteiger partial charge in [0.1, 0.15) is 0 Å². The molecule has 1 aliphatic rings. The molecule has 19 heavy (non-hydrogen) atoms. The summed E-state index contributed by atoms with van der Waals surface area (Å²) in [6.07, 6.45) is 3.62. The third-order valence-electron chi connectivity index (χ3n) is 4.36. The van der Waals surface area contributed by atoms with E-state index in [1.54, 1.807) is 0 Å². The van der Waals surface area contributed by atoms with Crippen molar-refractivity contribution in [2.75, 3.05) is 13.1 Å². The van der Waals surface area contributed by atoms with E-state index in [4.69, 9.17) is 5.73 Å². The lowest BCUT2D eigenvalue weighted by atomic mass is 9.88. The molecule has 1 aromatic carbocycles. The molecule has 0 radical (unpaired) electrons. The number of aromatic nitrogens is 1. The maximum absolute atomic E-state index is 6.50. The molecule has 3 rings (SSSR count). The van der Waals surface area contributed by atoms with E-state index in [2.05, 4.69) is 41.5 Å².